The molecule has 0 bridgehead atoms. The molecule has 6 nitrogen and oxygen atoms in total. The first-order valence-corrected chi connectivity index (χ1v) is 11.3. The SMILES string of the molecule is CCCCCCCC/C=C\CCCCCCCC(=O)OC(=O)C(N)CCC(=O)O.[NaH].[NaH]. The zero-order chi connectivity index (χ0) is 21.7. The summed E-state index contributed by atoms with van der Waals surface area (Å²) in [5.74, 6) is -2.46. The van der Waals surface area contributed by atoms with Gasteiger partial charge in [-0.15, -0.1) is 0 Å². The van der Waals surface area contributed by atoms with Crippen molar-refractivity contribution in [3.63, 3.8) is 0 Å². The number of allylic oxidation sites excluding steroid dienone is 2. The Morgan fingerprint density at radius 1 is 0.806 bits per heavy atom. The number of carboxylic acid groups (broad SMARTS) is 1. The van der Waals surface area contributed by atoms with Crippen LogP contribution >= 0.6 is 0 Å². The van der Waals surface area contributed by atoms with Crippen LogP contribution in [0.5, 0.6) is 0 Å². The van der Waals surface area contributed by atoms with Crippen LogP contribution < -0.4 is 5.73 Å². The molecule has 0 fully saturated rings. The van der Waals surface area contributed by atoms with Crippen molar-refractivity contribution in [2.45, 2.75) is 116 Å². The quantitative estimate of drug-likeness (QED) is 0.0994. The van der Waals surface area contributed by atoms with Crippen molar-refractivity contribution >= 4 is 77.0 Å². The monoisotopic (exact) mass is 459 g/mol. The van der Waals surface area contributed by atoms with Crippen LogP contribution in [0.15, 0.2) is 12.2 Å². The maximum atomic E-state index is 11.6. The summed E-state index contributed by atoms with van der Waals surface area (Å²) in [6.07, 6.45) is 19.8. The number of esters is 2. The van der Waals surface area contributed by atoms with Gasteiger partial charge >= 0.3 is 77.0 Å². The van der Waals surface area contributed by atoms with Gasteiger partial charge in [-0.05, 0) is 38.5 Å². The second-order valence-corrected chi connectivity index (χ2v) is 7.67. The predicted molar refractivity (Wildman–Crippen MR) is 130 cm³/mol. The van der Waals surface area contributed by atoms with Crippen LogP contribution in [0.1, 0.15) is 110 Å². The van der Waals surface area contributed by atoms with Crippen LogP contribution in [0.3, 0.4) is 0 Å². The first-order valence-electron chi connectivity index (χ1n) is 11.3. The standard InChI is InChI=1S/C23H41NO5.2Na.2H/c1-2-3-4-5-6-7-8-9-10-11-12-13-14-15-16-17-22(27)29-23(28)20(24)18-19-21(25)26;;;;/h9-10,20H,2-8,11-19,24H2,1H3,(H,25,26);;;;/b10-9-;;;;. The van der Waals surface area contributed by atoms with Gasteiger partial charge in [0.15, 0.2) is 0 Å². The average Bonchev–Trinajstić information content (AvgIpc) is 2.68. The van der Waals surface area contributed by atoms with Crippen LogP contribution in [0.2, 0.25) is 0 Å². The number of nitrogens with two attached hydrogens (primary N) is 1. The number of carboxylic acids is 1. The first kappa shape index (κ1) is 35.9. The van der Waals surface area contributed by atoms with Gasteiger partial charge in [-0.25, -0.2) is 4.79 Å². The molecule has 0 amide bonds. The Morgan fingerprint density at radius 2 is 1.29 bits per heavy atom. The Balaban J connectivity index is -0.00000392. The van der Waals surface area contributed by atoms with Crippen LogP contribution in [-0.2, 0) is 19.1 Å². The molecule has 3 N–H and O–H groups in total. The summed E-state index contributed by atoms with van der Waals surface area (Å²) in [7, 11) is 0. The summed E-state index contributed by atoms with van der Waals surface area (Å²) in [5, 5.41) is 8.55. The van der Waals surface area contributed by atoms with Crippen molar-refractivity contribution in [1.82, 2.24) is 0 Å². The molecule has 0 aliphatic heterocycles. The molecule has 0 heterocycles. The maximum absolute atomic E-state index is 11.6. The Bertz CT molecular complexity index is 487. The third-order valence-electron chi connectivity index (χ3n) is 4.83. The van der Waals surface area contributed by atoms with E-state index in [9.17, 15) is 14.4 Å². The summed E-state index contributed by atoms with van der Waals surface area (Å²) in [6, 6.07) is -1.07. The number of carbonyl (C=O) groups excluding carboxylic acids is 2. The fourth-order valence-electron chi connectivity index (χ4n) is 2.98. The van der Waals surface area contributed by atoms with Crippen LogP contribution in [0.25, 0.3) is 0 Å². The second kappa shape index (κ2) is 26.6. The van der Waals surface area contributed by atoms with E-state index in [1.54, 1.807) is 0 Å². The van der Waals surface area contributed by atoms with Crippen molar-refractivity contribution in [3.05, 3.63) is 12.2 Å². The molecule has 0 saturated carbocycles. The van der Waals surface area contributed by atoms with Crippen molar-refractivity contribution < 1.29 is 24.2 Å². The van der Waals surface area contributed by atoms with Gasteiger partial charge in [0.05, 0.1) is 0 Å². The van der Waals surface area contributed by atoms with Gasteiger partial charge in [-0.3, -0.25) is 9.59 Å². The Hall–Kier alpha value is 0.310. The number of ether oxygens (including phenoxy) is 1. The number of unbranched alkanes of at least 4 members (excludes halogenated alkanes) is 11. The first-order chi connectivity index (χ1) is 14.0. The molecule has 172 valence electrons. The van der Waals surface area contributed by atoms with Crippen molar-refractivity contribution in [2.75, 3.05) is 0 Å². The molecule has 0 aromatic rings. The third kappa shape index (κ3) is 26.4. The molecule has 1 atom stereocenters. The van der Waals surface area contributed by atoms with Gasteiger partial charge in [-0.1, -0.05) is 70.4 Å². The van der Waals surface area contributed by atoms with Crippen LogP contribution in [0.4, 0.5) is 0 Å². The van der Waals surface area contributed by atoms with E-state index < -0.39 is 23.9 Å². The Morgan fingerprint density at radius 3 is 1.81 bits per heavy atom. The topological polar surface area (TPSA) is 107 Å². The zero-order valence-electron chi connectivity index (χ0n) is 18.2. The van der Waals surface area contributed by atoms with E-state index in [1.165, 1.54) is 44.9 Å². The van der Waals surface area contributed by atoms with E-state index in [1.807, 2.05) is 0 Å². The molecule has 0 saturated heterocycles. The molecule has 0 aromatic heterocycles. The molecule has 8 heteroatoms. The molecule has 0 aliphatic rings. The van der Waals surface area contributed by atoms with Gasteiger partial charge in [-0.2, -0.15) is 0 Å². The van der Waals surface area contributed by atoms with Gasteiger partial charge in [0.2, 0.25) is 0 Å². The fraction of sp³-hybridized carbons (Fsp3) is 0.783. The summed E-state index contributed by atoms with van der Waals surface area (Å²) in [6.45, 7) is 2.24. The molecule has 0 aromatic carbocycles. The number of carbonyl (C=O) groups is 3. The molecule has 0 radical (unpaired) electrons. The summed E-state index contributed by atoms with van der Waals surface area (Å²) in [4.78, 5) is 33.6. The van der Waals surface area contributed by atoms with E-state index in [0.29, 0.717) is 6.42 Å². The summed E-state index contributed by atoms with van der Waals surface area (Å²) < 4.78 is 4.66. The summed E-state index contributed by atoms with van der Waals surface area (Å²) >= 11 is 0. The van der Waals surface area contributed by atoms with Gasteiger partial charge < -0.3 is 15.6 Å². The number of aliphatic carboxylic acids is 1. The third-order valence-corrected chi connectivity index (χ3v) is 4.83. The van der Waals surface area contributed by atoms with E-state index >= 15 is 0 Å². The minimum absolute atomic E-state index is 0. The van der Waals surface area contributed by atoms with E-state index in [-0.39, 0.29) is 78.4 Å². The van der Waals surface area contributed by atoms with Gasteiger partial charge in [0.25, 0.3) is 0 Å². The zero-order valence-corrected chi connectivity index (χ0v) is 18.2. The van der Waals surface area contributed by atoms with Crippen molar-refractivity contribution in [2.24, 2.45) is 5.73 Å². The predicted octanol–water partition coefficient (Wildman–Crippen LogP) is 3.99. The molecular weight excluding hydrogens is 416 g/mol. The average molecular weight is 460 g/mol. The molecule has 0 spiro atoms. The van der Waals surface area contributed by atoms with Crippen molar-refractivity contribution in [1.29, 1.82) is 0 Å². The van der Waals surface area contributed by atoms with Crippen LogP contribution in [0, 0.1) is 0 Å². The Labute approximate surface area is 233 Å². The summed E-state index contributed by atoms with van der Waals surface area (Å²) in [5.41, 5.74) is 5.50. The number of hydrogen-bond donors (Lipinski definition) is 2. The van der Waals surface area contributed by atoms with E-state index in [0.717, 1.165) is 32.1 Å². The molecule has 0 aliphatic carbocycles. The Kier molecular flexibility index (Phi) is 30.8. The van der Waals surface area contributed by atoms with E-state index in [2.05, 4.69) is 23.8 Å². The normalized spacial score (nSPS) is 11.4. The minimum atomic E-state index is -1.07. The fourth-order valence-corrected chi connectivity index (χ4v) is 2.98. The molecule has 0 rings (SSSR count). The van der Waals surface area contributed by atoms with Crippen LogP contribution in [-0.4, -0.2) is 88.2 Å². The van der Waals surface area contributed by atoms with Crippen molar-refractivity contribution in [3.8, 4) is 0 Å². The van der Waals surface area contributed by atoms with Gasteiger partial charge in [0, 0.05) is 12.8 Å². The second-order valence-electron chi connectivity index (χ2n) is 7.67. The number of rotatable bonds is 19. The molecule has 31 heavy (non-hydrogen) atoms. The number of hydrogen-bond acceptors (Lipinski definition) is 5. The molecular formula is C23H43NNa2O5. The van der Waals surface area contributed by atoms with E-state index in [4.69, 9.17) is 10.8 Å². The molecule has 1 unspecified atom stereocenters. The van der Waals surface area contributed by atoms with Gasteiger partial charge in [0.1, 0.15) is 6.04 Å².